The summed E-state index contributed by atoms with van der Waals surface area (Å²) in [6.45, 7) is 2.01. The van der Waals surface area contributed by atoms with Crippen LogP contribution in [0.2, 0.25) is 0 Å². The molecule has 0 bridgehead atoms. The van der Waals surface area contributed by atoms with Crippen LogP contribution >= 0.6 is 0 Å². The van der Waals surface area contributed by atoms with Crippen molar-refractivity contribution in [3.05, 3.63) is 11.8 Å². The monoisotopic (exact) mass is 251 g/mol. The van der Waals surface area contributed by atoms with Crippen LogP contribution in [-0.4, -0.2) is 41.5 Å². The number of nitriles is 1. The van der Waals surface area contributed by atoms with Crippen molar-refractivity contribution in [2.45, 2.75) is 25.7 Å². The Morgan fingerprint density at radius 2 is 2.06 bits per heavy atom. The van der Waals surface area contributed by atoms with Crippen molar-refractivity contribution in [3.8, 4) is 6.07 Å². The van der Waals surface area contributed by atoms with E-state index in [-0.39, 0.29) is 18.5 Å². The number of hydrogen-bond acceptors (Lipinski definition) is 4. The standard InChI is InChI=1S/C12H17N3O3/c13-8-10(9-15-6-1-2-7-15)12(18)14-5-3-4-11(16)17/h9H,1-7H2,(H,14,18)(H,16,17)/b10-9-. The number of hydrogen-bond donors (Lipinski definition) is 2. The van der Waals surface area contributed by atoms with Crippen LogP contribution in [0, 0.1) is 11.3 Å². The Balaban J connectivity index is 2.37. The minimum Gasteiger partial charge on any atom is -0.481 e. The quantitative estimate of drug-likeness (QED) is 0.406. The van der Waals surface area contributed by atoms with Gasteiger partial charge in [0, 0.05) is 32.3 Å². The van der Waals surface area contributed by atoms with Crippen LogP contribution in [0.5, 0.6) is 0 Å². The lowest BCUT2D eigenvalue weighted by molar-refractivity contribution is -0.137. The Morgan fingerprint density at radius 1 is 1.39 bits per heavy atom. The number of carbonyl (C=O) groups is 2. The van der Waals surface area contributed by atoms with Gasteiger partial charge in [-0.05, 0) is 19.3 Å². The van der Waals surface area contributed by atoms with Crippen LogP contribution in [0.3, 0.4) is 0 Å². The van der Waals surface area contributed by atoms with Gasteiger partial charge in [-0.3, -0.25) is 9.59 Å². The van der Waals surface area contributed by atoms with E-state index in [2.05, 4.69) is 5.32 Å². The van der Waals surface area contributed by atoms with E-state index in [0.717, 1.165) is 25.9 Å². The van der Waals surface area contributed by atoms with Crippen LogP contribution in [0.25, 0.3) is 0 Å². The van der Waals surface area contributed by atoms with Crippen molar-refractivity contribution in [2.24, 2.45) is 0 Å². The second kappa shape index (κ2) is 7.33. The Bertz CT molecular complexity index is 379. The van der Waals surface area contributed by atoms with Crippen LogP contribution in [0.4, 0.5) is 0 Å². The number of carbonyl (C=O) groups excluding carboxylic acids is 1. The molecule has 98 valence electrons. The molecule has 0 aromatic rings. The Labute approximate surface area is 106 Å². The summed E-state index contributed by atoms with van der Waals surface area (Å²) in [6.07, 6.45) is 4.12. The van der Waals surface area contributed by atoms with E-state index in [0.29, 0.717) is 6.42 Å². The first-order chi connectivity index (χ1) is 8.63. The highest BCUT2D eigenvalue weighted by Crippen LogP contribution is 2.09. The lowest BCUT2D eigenvalue weighted by atomic mass is 10.2. The summed E-state index contributed by atoms with van der Waals surface area (Å²) in [4.78, 5) is 23.9. The molecule has 0 unspecified atom stereocenters. The minimum absolute atomic E-state index is 0.0119. The summed E-state index contributed by atoms with van der Waals surface area (Å²) < 4.78 is 0. The molecule has 18 heavy (non-hydrogen) atoms. The van der Waals surface area contributed by atoms with Gasteiger partial charge in [-0.1, -0.05) is 0 Å². The molecule has 6 heteroatoms. The summed E-state index contributed by atoms with van der Waals surface area (Å²) in [5.41, 5.74) is 0.0761. The largest absolute Gasteiger partial charge is 0.481 e. The molecule has 1 rings (SSSR count). The van der Waals surface area contributed by atoms with Crippen molar-refractivity contribution >= 4 is 11.9 Å². The highest BCUT2D eigenvalue weighted by molar-refractivity contribution is 5.97. The fourth-order valence-electron chi connectivity index (χ4n) is 1.73. The number of nitrogens with one attached hydrogen (secondary N) is 1. The third kappa shape index (κ3) is 4.87. The molecule has 1 fully saturated rings. The van der Waals surface area contributed by atoms with E-state index in [1.165, 1.54) is 0 Å². The van der Waals surface area contributed by atoms with Crippen LogP contribution in [-0.2, 0) is 9.59 Å². The zero-order valence-corrected chi connectivity index (χ0v) is 10.2. The summed E-state index contributed by atoms with van der Waals surface area (Å²) in [6, 6.07) is 1.87. The van der Waals surface area contributed by atoms with Crippen molar-refractivity contribution in [1.29, 1.82) is 5.26 Å². The Hall–Kier alpha value is -2.03. The lowest BCUT2D eigenvalue weighted by Gasteiger charge is -2.11. The molecule has 0 spiro atoms. The maximum atomic E-state index is 11.6. The highest BCUT2D eigenvalue weighted by Gasteiger charge is 2.13. The maximum Gasteiger partial charge on any atom is 0.303 e. The SMILES string of the molecule is N#C/C(=C/N1CCCC1)C(=O)NCCCC(=O)O. The van der Waals surface area contributed by atoms with Gasteiger partial charge >= 0.3 is 5.97 Å². The highest BCUT2D eigenvalue weighted by atomic mass is 16.4. The molecule has 1 amide bonds. The smallest absolute Gasteiger partial charge is 0.303 e. The number of likely N-dealkylation sites (tertiary alicyclic amines) is 1. The number of carboxylic acids is 1. The van der Waals surface area contributed by atoms with E-state index < -0.39 is 11.9 Å². The second-order valence-corrected chi connectivity index (χ2v) is 4.15. The molecule has 1 aliphatic heterocycles. The summed E-state index contributed by atoms with van der Waals surface area (Å²) >= 11 is 0. The fraction of sp³-hybridized carbons (Fsp3) is 0.583. The zero-order chi connectivity index (χ0) is 13.4. The number of amides is 1. The van der Waals surface area contributed by atoms with Gasteiger partial charge in [0.2, 0.25) is 0 Å². The summed E-state index contributed by atoms with van der Waals surface area (Å²) in [7, 11) is 0. The maximum absolute atomic E-state index is 11.6. The first-order valence-corrected chi connectivity index (χ1v) is 5.99. The first-order valence-electron chi connectivity index (χ1n) is 5.99. The fourth-order valence-corrected chi connectivity index (χ4v) is 1.73. The van der Waals surface area contributed by atoms with Crippen LogP contribution < -0.4 is 5.32 Å². The lowest BCUT2D eigenvalue weighted by Crippen LogP contribution is -2.27. The number of nitrogens with zero attached hydrogens (tertiary/aromatic N) is 2. The molecule has 2 N–H and O–H groups in total. The van der Waals surface area contributed by atoms with Gasteiger partial charge in [-0.25, -0.2) is 0 Å². The predicted molar refractivity (Wildman–Crippen MR) is 64.4 cm³/mol. The molecule has 0 radical (unpaired) electrons. The first kappa shape index (κ1) is 14.0. The van der Waals surface area contributed by atoms with Gasteiger partial charge in [-0.2, -0.15) is 5.26 Å². The van der Waals surface area contributed by atoms with Gasteiger partial charge < -0.3 is 15.3 Å². The molecule has 1 aliphatic rings. The average Bonchev–Trinajstić information content (AvgIpc) is 2.84. The molecular formula is C12H17N3O3. The molecule has 6 nitrogen and oxygen atoms in total. The van der Waals surface area contributed by atoms with Crippen molar-refractivity contribution in [3.63, 3.8) is 0 Å². The van der Waals surface area contributed by atoms with Crippen LogP contribution in [0.15, 0.2) is 11.8 Å². The summed E-state index contributed by atoms with van der Waals surface area (Å²) in [5, 5.41) is 19.9. The van der Waals surface area contributed by atoms with E-state index in [1.54, 1.807) is 6.20 Å². The second-order valence-electron chi connectivity index (χ2n) is 4.15. The van der Waals surface area contributed by atoms with Gasteiger partial charge in [0.05, 0.1) is 0 Å². The number of aliphatic carboxylic acids is 1. The van der Waals surface area contributed by atoms with Gasteiger partial charge in [-0.15, -0.1) is 0 Å². The topological polar surface area (TPSA) is 93.4 Å². The van der Waals surface area contributed by atoms with Crippen molar-refractivity contribution < 1.29 is 14.7 Å². The molecule has 0 aliphatic carbocycles. The van der Waals surface area contributed by atoms with Crippen LogP contribution in [0.1, 0.15) is 25.7 Å². The third-order valence-corrected chi connectivity index (χ3v) is 2.67. The summed E-state index contributed by atoms with van der Waals surface area (Å²) in [5.74, 6) is -1.33. The van der Waals surface area contributed by atoms with Crippen molar-refractivity contribution in [1.82, 2.24) is 10.2 Å². The zero-order valence-electron chi connectivity index (χ0n) is 10.2. The molecule has 0 aromatic carbocycles. The van der Waals surface area contributed by atoms with E-state index >= 15 is 0 Å². The molecule has 0 aromatic heterocycles. The van der Waals surface area contributed by atoms with Gasteiger partial charge in [0.25, 0.3) is 5.91 Å². The van der Waals surface area contributed by atoms with E-state index in [4.69, 9.17) is 10.4 Å². The van der Waals surface area contributed by atoms with E-state index in [1.807, 2.05) is 11.0 Å². The minimum atomic E-state index is -0.891. The molecular weight excluding hydrogens is 234 g/mol. The predicted octanol–water partition coefficient (Wildman–Crippen LogP) is 0.471. The normalized spacial score (nSPS) is 15.3. The van der Waals surface area contributed by atoms with E-state index in [9.17, 15) is 9.59 Å². The third-order valence-electron chi connectivity index (χ3n) is 2.67. The number of rotatable bonds is 6. The number of carboxylic acid groups (broad SMARTS) is 1. The molecule has 1 saturated heterocycles. The molecule has 0 saturated carbocycles. The molecule has 0 atom stereocenters. The van der Waals surface area contributed by atoms with Crippen molar-refractivity contribution in [2.75, 3.05) is 19.6 Å². The Morgan fingerprint density at radius 3 is 2.61 bits per heavy atom. The van der Waals surface area contributed by atoms with Gasteiger partial charge in [0.1, 0.15) is 11.6 Å². The Kier molecular flexibility index (Phi) is 5.71. The molecule has 1 heterocycles. The van der Waals surface area contributed by atoms with Gasteiger partial charge in [0.15, 0.2) is 0 Å². The average molecular weight is 251 g/mol.